The minimum atomic E-state index is -4.75. The molecule has 2 amide bonds. The number of rotatable bonds is 8. The number of carbonyl (C=O) groups is 2. The molecule has 0 radical (unpaired) electrons. The molecule has 0 unspecified atom stereocenters. The first kappa shape index (κ1) is 31.2. The van der Waals surface area contributed by atoms with Crippen LogP contribution in [0.5, 0.6) is 0 Å². The Bertz CT molecular complexity index is 1630. The first-order valence-electron chi connectivity index (χ1n) is 11.7. The van der Waals surface area contributed by atoms with E-state index in [1.54, 1.807) is 18.2 Å². The van der Waals surface area contributed by atoms with Crippen molar-refractivity contribution in [1.82, 2.24) is 20.1 Å². The van der Waals surface area contributed by atoms with Crippen LogP contribution < -0.4 is 10.6 Å². The molecule has 220 valence electrons. The molecular weight excluding hydrogens is 631 g/mol. The molecule has 0 atom stereocenters. The van der Waals surface area contributed by atoms with Crippen LogP contribution in [0.15, 0.2) is 71.9 Å². The van der Waals surface area contributed by atoms with Gasteiger partial charge in [-0.2, -0.15) is 26.3 Å². The molecule has 0 aliphatic carbocycles. The van der Waals surface area contributed by atoms with E-state index in [2.05, 4.69) is 20.8 Å². The summed E-state index contributed by atoms with van der Waals surface area (Å²) in [5.41, 5.74) is -2.52. The molecule has 0 fully saturated rings. The van der Waals surface area contributed by atoms with Gasteiger partial charge in [0.15, 0.2) is 11.0 Å². The van der Waals surface area contributed by atoms with Crippen LogP contribution in [-0.4, -0.2) is 32.3 Å². The SMILES string of the molecule is O=C(CSc1nnc(CNC(=O)c2ccccc2C(F)(F)F)n1-c1cccc(Cl)c1)Nc1cc(C(F)(F)F)ccc1Cl. The maximum absolute atomic E-state index is 13.4. The fourth-order valence-corrected chi connectivity index (χ4v) is 4.80. The van der Waals surface area contributed by atoms with E-state index in [9.17, 15) is 35.9 Å². The zero-order valence-electron chi connectivity index (χ0n) is 20.9. The van der Waals surface area contributed by atoms with Gasteiger partial charge < -0.3 is 10.6 Å². The van der Waals surface area contributed by atoms with Gasteiger partial charge in [0.1, 0.15) is 0 Å². The average molecular weight is 648 g/mol. The topological polar surface area (TPSA) is 88.9 Å². The normalized spacial score (nSPS) is 11.8. The first-order valence-corrected chi connectivity index (χ1v) is 13.4. The van der Waals surface area contributed by atoms with Crippen molar-refractivity contribution in [2.45, 2.75) is 24.1 Å². The molecule has 0 aliphatic heterocycles. The summed E-state index contributed by atoms with van der Waals surface area (Å²) >= 11 is 12.9. The van der Waals surface area contributed by atoms with Crippen molar-refractivity contribution in [2.24, 2.45) is 0 Å². The van der Waals surface area contributed by atoms with E-state index >= 15 is 0 Å². The van der Waals surface area contributed by atoms with Crippen LogP contribution in [0, 0.1) is 0 Å². The van der Waals surface area contributed by atoms with Gasteiger partial charge in [0, 0.05) is 5.02 Å². The maximum Gasteiger partial charge on any atom is 0.417 e. The predicted molar refractivity (Wildman–Crippen MR) is 145 cm³/mol. The van der Waals surface area contributed by atoms with Gasteiger partial charge in [0.2, 0.25) is 5.91 Å². The Kier molecular flexibility index (Phi) is 9.38. The number of nitrogens with zero attached hydrogens (tertiary/aromatic N) is 3. The second-order valence-electron chi connectivity index (χ2n) is 8.47. The van der Waals surface area contributed by atoms with Crippen molar-refractivity contribution in [3.8, 4) is 5.69 Å². The molecule has 0 spiro atoms. The zero-order valence-corrected chi connectivity index (χ0v) is 23.2. The van der Waals surface area contributed by atoms with Crippen molar-refractivity contribution in [3.05, 3.63) is 99.3 Å². The quantitative estimate of drug-likeness (QED) is 0.155. The lowest BCUT2D eigenvalue weighted by molar-refractivity contribution is -0.138. The summed E-state index contributed by atoms with van der Waals surface area (Å²) in [5.74, 6) is -1.95. The Morgan fingerprint density at radius 3 is 2.31 bits per heavy atom. The Labute approximate surface area is 248 Å². The highest BCUT2D eigenvalue weighted by Gasteiger charge is 2.35. The number of thioether (sulfide) groups is 1. The van der Waals surface area contributed by atoms with Crippen LogP contribution in [0.2, 0.25) is 10.0 Å². The standard InChI is InChI=1S/C26H17Cl2F6N5O2S/c27-15-4-3-5-16(11-15)39-21(12-35-23(41)17-6-1-2-7-18(17)26(32,33)34)37-38-24(39)42-13-22(40)36-20-10-14(25(29,30)31)8-9-19(20)28/h1-11H,12-13H2,(H,35,41)(H,36,40). The summed E-state index contributed by atoms with van der Waals surface area (Å²) < 4.78 is 80.7. The molecular formula is C26H17Cl2F6N5O2S. The largest absolute Gasteiger partial charge is 0.417 e. The van der Waals surface area contributed by atoms with Gasteiger partial charge in [0.05, 0.1) is 45.4 Å². The molecule has 1 aromatic heterocycles. The lowest BCUT2D eigenvalue weighted by Gasteiger charge is -2.14. The second kappa shape index (κ2) is 12.6. The van der Waals surface area contributed by atoms with Crippen molar-refractivity contribution in [2.75, 3.05) is 11.1 Å². The van der Waals surface area contributed by atoms with E-state index < -0.39 is 40.9 Å². The Morgan fingerprint density at radius 1 is 0.881 bits per heavy atom. The van der Waals surface area contributed by atoms with Crippen molar-refractivity contribution in [1.29, 1.82) is 0 Å². The Morgan fingerprint density at radius 2 is 1.62 bits per heavy atom. The van der Waals surface area contributed by atoms with Crippen LogP contribution >= 0.6 is 35.0 Å². The molecule has 4 rings (SSSR count). The third-order valence-corrected chi connectivity index (χ3v) is 7.04. The van der Waals surface area contributed by atoms with Crippen LogP contribution in [0.4, 0.5) is 32.0 Å². The fraction of sp³-hybridized carbons (Fsp3) is 0.154. The van der Waals surface area contributed by atoms with Gasteiger partial charge in [-0.3, -0.25) is 14.2 Å². The molecule has 0 saturated heterocycles. The molecule has 0 aliphatic rings. The molecule has 1 heterocycles. The minimum Gasteiger partial charge on any atom is -0.345 e. The summed E-state index contributed by atoms with van der Waals surface area (Å²) in [6.07, 6.45) is -9.40. The van der Waals surface area contributed by atoms with Crippen molar-refractivity contribution in [3.63, 3.8) is 0 Å². The van der Waals surface area contributed by atoms with E-state index in [0.29, 0.717) is 16.8 Å². The van der Waals surface area contributed by atoms with Crippen LogP contribution in [0.1, 0.15) is 27.3 Å². The van der Waals surface area contributed by atoms with Gasteiger partial charge in [0.25, 0.3) is 5.91 Å². The van der Waals surface area contributed by atoms with Crippen LogP contribution in [-0.2, 0) is 23.7 Å². The fourth-order valence-electron chi connectivity index (χ4n) is 3.68. The molecule has 4 aromatic rings. The third kappa shape index (κ3) is 7.55. The molecule has 0 bridgehead atoms. The molecule has 7 nitrogen and oxygen atoms in total. The summed E-state index contributed by atoms with van der Waals surface area (Å²) in [7, 11) is 0. The second-order valence-corrected chi connectivity index (χ2v) is 10.3. The van der Waals surface area contributed by atoms with Crippen molar-refractivity contribution < 1.29 is 35.9 Å². The van der Waals surface area contributed by atoms with Gasteiger partial charge in [-0.25, -0.2) is 0 Å². The minimum absolute atomic E-state index is 0.0962. The van der Waals surface area contributed by atoms with Gasteiger partial charge in [-0.05, 0) is 48.5 Å². The van der Waals surface area contributed by atoms with Gasteiger partial charge in [-0.1, -0.05) is 53.2 Å². The van der Waals surface area contributed by atoms with E-state index in [0.717, 1.165) is 42.1 Å². The number of amides is 2. The van der Waals surface area contributed by atoms with E-state index in [1.807, 2.05) is 0 Å². The summed E-state index contributed by atoms with van der Waals surface area (Å²) in [6, 6.07) is 13.1. The number of halogens is 8. The summed E-state index contributed by atoms with van der Waals surface area (Å²) in [4.78, 5) is 25.3. The van der Waals surface area contributed by atoms with Crippen molar-refractivity contribution >= 4 is 52.5 Å². The third-order valence-electron chi connectivity index (χ3n) is 5.55. The molecule has 16 heteroatoms. The monoisotopic (exact) mass is 647 g/mol. The maximum atomic E-state index is 13.4. The number of hydrogen-bond donors (Lipinski definition) is 2. The van der Waals surface area contributed by atoms with Gasteiger partial charge in [-0.15, -0.1) is 10.2 Å². The molecule has 42 heavy (non-hydrogen) atoms. The average Bonchev–Trinajstić information content (AvgIpc) is 3.33. The number of anilines is 1. The summed E-state index contributed by atoms with van der Waals surface area (Å²) in [6.45, 7) is -0.350. The Balaban J connectivity index is 1.54. The smallest absolute Gasteiger partial charge is 0.345 e. The van der Waals surface area contributed by atoms with E-state index in [-0.39, 0.29) is 34.0 Å². The highest BCUT2D eigenvalue weighted by molar-refractivity contribution is 7.99. The predicted octanol–water partition coefficient (Wildman–Crippen LogP) is 7.27. The number of benzene rings is 3. The number of carbonyl (C=O) groups excluding carboxylic acids is 2. The van der Waals surface area contributed by atoms with E-state index in [1.165, 1.54) is 16.7 Å². The van der Waals surface area contributed by atoms with Crippen LogP contribution in [0.3, 0.4) is 0 Å². The van der Waals surface area contributed by atoms with Crippen LogP contribution in [0.25, 0.3) is 5.69 Å². The summed E-state index contributed by atoms with van der Waals surface area (Å²) in [5, 5.41) is 13.1. The molecule has 0 saturated carbocycles. The lowest BCUT2D eigenvalue weighted by atomic mass is 10.1. The zero-order chi connectivity index (χ0) is 30.7. The van der Waals surface area contributed by atoms with E-state index in [4.69, 9.17) is 23.2 Å². The highest BCUT2D eigenvalue weighted by Crippen LogP contribution is 2.34. The number of nitrogens with one attached hydrogen (secondary N) is 2. The van der Waals surface area contributed by atoms with Gasteiger partial charge >= 0.3 is 12.4 Å². The highest BCUT2D eigenvalue weighted by atomic mass is 35.5. The number of hydrogen-bond acceptors (Lipinski definition) is 5. The molecule has 3 aromatic carbocycles. The Hall–Kier alpha value is -3.75. The number of alkyl halides is 6. The first-order chi connectivity index (χ1) is 19.7. The molecule has 2 N–H and O–H groups in total. The number of aromatic nitrogens is 3. The lowest BCUT2D eigenvalue weighted by Crippen LogP contribution is -2.27.